The molecule has 1 aromatic rings. The number of nitrogens with zero attached hydrogens (tertiary/aromatic N) is 3. The molecule has 1 aromatic carbocycles. The minimum Gasteiger partial charge on any atom is -0.375 e. The van der Waals surface area contributed by atoms with Crippen LogP contribution in [0.2, 0.25) is 0 Å². The van der Waals surface area contributed by atoms with Crippen molar-refractivity contribution in [1.82, 2.24) is 5.01 Å². The Kier molecular flexibility index (Phi) is 4.96. The van der Waals surface area contributed by atoms with Crippen LogP contribution in [0.15, 0.2) is 35.4 Å². The Hall–Kier alpha value is -1.93. The van der Waals surface area contributed by atoms with E-state index < -0.39 is 0 Å². The van der Waals surface area contributed by atoms with E-state index in [0.29, 0.717) is 13.0 Å². The predicted molar refractivity (Wildman–Crippen MR) is 67.8 cm³/mol. The summed E-state index contributed by atoms with van der Waals surface area (Å²) in [5.74, 6) is 0. The Morgan fingerprint density at radius 1 is 1.50 bits per heavy atom. The second-order valence-electron chi connectivity index (χ2n) is 3.02. The number of nitriles is 1. The Labute approximate surface area is 100.0 Å². The lowest BCUT2D eigenvalue weighted by Gasteiger charge is -2.14. The molecule has 0 aliphatic heterocycles. The quantitative estimate of drug-likeness (QED) is 0.485. The van der Waals surface area contributed by atoms with Crippen molar-refractivity contribution < 1.29 is 0 Å². The fourth-order valence-electron chi connectivity index (χ4n) is 1.06. The van der Waals surface area contributed by atoms with E-state index in [4.69, 9.17) is 23.2 Å². The van der Waals surface area contributed by atoms with Crippen LogP contribution < -0.4 is 5.73 Å². The maximum Gasteiger partial charge on any atom is 0.186 e. The molecule has 0 saturated heterocycles. The van der Waals surface area contributed by atoms with E-state index in [1.165, 1.54) is 5.01 Å². The van der Waals surface area contributed by atoms with Gasteiger partial charge in [-0.15, -0.1) is 0 Å². The smallest absolute Gasteiger partial charge is 0.186 e. The van der Waals surface area contributed by atoms with Gasteiger partial charge in [0.15, 0.2) is 5.11 Å². The standard InChI is InChI=1S/C11H12N4S/c12-7-4-8-15(11(13)16)14-9-10-5-2-1-3-6-10/h1-3,5-6,9H,4,8H2,(H2,13,16)/b14-9+. The molecule has 0 radical (unpaired) electrons. The van der Waals surface area contributed by atoms with Gasteiger partial charge in [-0.25, -0.2) is 5.01 Å². The molecule has 2 N–H and O–H groups in total. The number of hydrazone groups is 1. The van der Waals surface area contributed by atoms with Crippen molar-refractivity contribution in [2.45, 2.75) is 6.42 Å². The molecule has 0 aromatic heterocycles. The second-order valence-corrected chi connectivity index (χ2v) is 3.44. The van der Waals surface area contributed by atoms with E-state index in [1.807, 2.05) is 36.4 Å². The van der Waals surface area contributed by atoms with Gasteiger partial charge in [-0.1, -0.05) is 30.3 Å². The van der Waals surface area contributed by atoms with E-state index in [2.05, 4.69) is 5.10 Å². The van der Waals surface area contributed by atoms with Crippen LogP contribution in [0.1, 0.15) is 12.0 Å². The summed E-state index contributed by atoms with van der Waals surface area (Å²) < 4.78 is 0. The van der Waals surface area contributed by atoms with Crippen molar-refractivity contribution in [3.05, 3.63) is 35.9 Å². The zero-order valence-corrected chi connectivity index (χ0v) is 9.52. The van der Waals surface area contributed by atoms with Gasteiger partial charge >= 0.3 is 0 Å². The van der Waals surface area contributed by atoms with Crippen LogP contribution in [0, 0.1) is 11.3 Å². The minimum atomic E-state index is 0.169. The zero-order valence-electron chi connectivity index (χ0n) is 8.71. The molecule has 0 aliphatic rings. The van der Waals surface area contributed by atoms with Crippen molar-refractivity contribution in [3.63, 3.8) is 0 Å². The number of hydrogen-bond acceptors (Lipinski definition) is 3. The SMILES string of the molecule is N#CCCN(/N=C/c1ccccc1)C(N)=S. The summed E-state index contributed by atoms with van der Waals surface area (Å²) in [5.41, 5.74) is 6.43. The Bertz CT molecular complexity index is 408. The first-order valence-electron chi connectivity index (χ1n) is 4.77. The van der Waals surface area contributed by atoms with Gasteiger partial charge < -0.3 is 5.73 Å². The van der Waals surface area contributed by atoms with Crippen LogP contribution >= 0.6 is 12.2 Å². The van der Waals surface area contributed by atoms with Crippen molar-refractivity contribution >= 4 is 23.5 Å². The summed E-state index contributed by atoms with van der Waals surface area (Å²) in [6.45, 7) is 0.412. The van der Waals surface area contributed by atoms with Gasteiger partial charge in [0.05, 0.1) is 25.2 Å². The lowest BCUT2D eigenvalue weighted by atomic mass is 10.2. The number of hydrogen-bond donors (Lipinski definition) is 1. The maximum atomic E-state index is 8.47. The first-order chi connectivity index (χ1) is 7.74. The Morgan fingerprint density at radius 2 is 2.19 bits per heavy atom. The molecule has 4 nitrogen and oxygen atoms in total. The lowest BCUT2D eigenvalue weighted by Crippen LogP contribution is -2.31. The van der Waals surface area contributed by atoms with Gasteiger partial charge in [-0.2, -0.15) is 10.4 Å². The molecular formula is C11H12N4S. The molecule has 0 heterocycles. The van der Waals surface area contributed by atoms with Gasteiger partial charge in [0.1, 0.15) is 0 Å². The summed E-state index contributed by atoms with van der Waals surface area (Å²) in [4.78, 5) is 0. The average molecular weight is 232 g/mol. The number of rotatable bonds is 4. The van der Waals surface area contributed by atoms with E-state index in [9.17, 15) is 0 Å². The van der Waals surface area contributed by atoms with Gasteiger partial charge in [0, 0.05) is 0 Å². The highest BCUT2D eigenvalue weighted by Crippen LogP contribution is 1.97. The molecule has 0 amide bonds. The zero-order chi connectivity index (χ0) is 11.8. The van der Waals surface area contributed by atoms with Crippen LogP contribution in [-0.2, 0) is 0 Å². The minimum absolute atomic E-state index is 0.169. The summed E-state index contributed by atoms with van der Waals surface area (Å²) in [6, 6.07) is 11.6. The van der Waals surface area contributed by atoms with Crippen molar-refractivity contribution in [2.75, 3.05) is 6.54 Å². The van der Waals surface area contributed by atoms with Gasteiger partial charge in [0.2, 0.25) is 0 Å². The van der Waals surface area contributed by atoms with Gasteiger partial charge in [0.25, 0.3) is 0 Å². The average Bonchev–Trinajstić information content (AvgIpc) is 2.30. The molecular weight excluding hydrogens is 220 g/mol. The highest BCUT2D eigenvalue weighted by Gasteiger charge is 2.02. The van der Waals surface area contributed by atoms with Crippen LogP contribution in [-0.4, -0.2) is 22.9 Å². The first-order valence-corrected chi connectivity index (χ1v) is 5.18. The monoisotopic (exact) mass is 232 g/mol. The van der Waals surface area contributed by atoms with Crippen LogP contribution in [0.3, 0.4) is 0 Å². The maximum absolute atomic E-state index is 8.47. The van der Waals surface area contributed by atoms with E-state index in [1.54, 1.807) is 6.21 Å². The van der Waals surface area contributed by atoms with E-state index >= 15 is 0 Å². The van der Waals surface area contributed by atoms with Gasteiger partial charge in [-0.3, -0.25) is 0 Å². The van der Waals surface area contributed by atoms with E-state index in [0.717, 1.165) is 5.56 Å². The summed E-state index contributed by atoms with van der Waals surface area (Å²) in [5, 5.41) is 14.2. The lowest BCUT2D eigenvalue weighted by molar-refractivity contribution is 0.461. The number of benzene rings is 1. The second kappa shape index (κ2) is 6.53. The Morgan fingerprint density at radius 3 is 2.75 bits per heavy atom. The molecule has 82 valence electrons. The summed E-state index contributed by atoms with van der Waals surface area (Å²) in [6.07, 6.45) is 2.00. The van der Waals surface area contributed by atoms with Crippen LogP contribution in [0.25, 0.3) is 0 Å². The van der Waals surface area contributed by atoms with Crippen molar-refractivity contribution in [3.8, 4) is 6.07 Å². The van der Waals surface area contributed by atoms with Crippen molar-refractivity contribution in [2.24, 2.45) is 10.8 Å². The Balaban J connectivity index is 2.65. The highest BCUT2D eigenvalue weighted by atomic mass is 32.1. The molecule has 16 heavy (non-hydrogen) atoms. The van der Waals surface area contributed by atoms with Crippen molar-refractivity contribution in [1.29, 1.82) is 5.26 Å². The third-order valence-electron chi connectivity index (χ3n) is 1.84. The third kappa shape index (κ3) is 4.07. The van der Waals surface area contributed by atoms with E-state index in [-0.39, 0.29) is 5.11 Å². The molecule has 0 unspecified atom stereocenters. The number of nitrogens with two attached hydrogens (primary N) is 1. The summed E-state index contributed by atoms with van der Waals surface area (Å²) in [7, 11) is 0. The third-order valence-corrected chi connectivity index (χ3v) is 2.05. The normalized spacial score (nSPS) is 9.94. The molecule has 0 aliphatic carbocycles. The van der Waals surface area contributed by atoms with Crippen LogP contribution in [0.4, 0.5) is 0 Å². The highest BCUT2D eigenvalue weighted by molar-refractivity contribution is 7.80. The molecule has 0 atom stereocenters. The largest absolute Gasteiger partial charge is 0.375 e. The molecule has 0 fully saturated rings. The predicted octanol–water partition coefficient (Wildman–Crippen LogP) is 1.48. The fourth-order valence-corrected chi connectivity index (χ4v) is 1.19. The molecule has 0 bridgehead atoms. The number of thiocarbonyl (C=S) groups is 1. The molecule has 5 heteroatoms. The molecule has 0 spiro atoms. The molecule has 1 rings (SSSR count). The van der Waals surface area contributed by atoms with Crippen LogP contribution in [0.5, 0.6) is 0 Å². The van der Waals surface area contributed by atoms with Gasteiger partial charge in [-0.05, 0) is 17.8 Å². The summed E-state index contributed by atoms with van der Waals surface area (Å²) >= 11 is 4.83. The molecule has 0 saturated carbocycles. The first kappa shape index (κ1) is 12.1. The fraction of sp³-hybridized carbons (Fsp3) is 0.182. The topological polar surface area (TPSA) is 65.4 Å².